The van der Waals surface area contributed by atoms with Gasteiger partial charge in [-0.1, -0.05) is 4.49 Å². The van der Waals surface area contributed by atoms with Gasteiger partial charge in [0, 0.05) is 11.6 Å². The SMILES string of the molecule is Cc1nccc(C(=O)Cc2csnn2)n1. The van der Waals surface area contributed by atoms with E-state index in [9.17, 15) is 4.79 Å². The van der Waals surface area contributed by atoms with Crippen LogP contribution >= 0.6 is 11.5 Å². The third-order valence-corrected chi connectivity index (χ3v) is 2.36. The molecule has 76 valence electrons. The zero-order chi connectivity index (χ0) is 10.7. The van der Waals surface area contributed by atoms with Gasteiger partial charge < -0.3 is 0 Å². The monoisotopic (exact) mass is 220 g/mol. The van der Waals surface area contributed by atoms with Crippen LogP contribution in [0.1, 0.15) is 22.0 Å². The van der Waals surface area contributed by atoms with E-state index in [4.69, 9.17) is 0 Å². The highest BCUT2D eigenvalue weighted by Gasteiger charge is 2.10. The molecule has 0 bridgehead atoms. The molecule has 0 aromatic carbocycles. The summed E-state index contributed by atoms with van der Waals surface area (Å²) in [4.78, 5) is 19.7. The standard InChI is InChI=1S/C9H8N4OS/c1-6-10-3-2-8(11-6)9(14)4-7-5-15-13-12-7/h2-3,5H,4H2,1H3. The molecular weight excluding hydrogens is 212 g/mol. The van der Waals surface area contributed by atoms with Crippen LogP contribution in [-0.2, 0) is 6.42 Å². The number of aromatic nitrogens is 4. The number of nitrogens with zero attached hydrogens (tertiary/aromatic N) is 4. The maximum Gasteiger partial charge on any atom is 0.187 e. The van der Waals surface area contributed by atoms with Crippen molar-refractivity contribution in [2.24, 2.45) is 0 Å². The third-order valence-electron chi connectivity index (χ3n) is 1.81. The Morgan fingerprint density at radius 3 is 3.07 bits per heavy atom. The average Bonchev–Trinajstić information content (AvgIpc) is 2.70. The summed E-state index contributed by atoms with van der Waals surface area (Å²) < 4.78 is 3.69. The molecule has 0 aliphatic heterocycles. The first-order chi connectivity index (χ1) is 7.25. The molecule has 0 saturated carbocycles. The van der Waals surface area contributed by atoms with Gasteiger partial charge in [0.25, 0.3) is 0 Å². The van der Waals surface area contributed by atoms with E-state index < -0.39 is 0 Å². The second-order valence-corrected chi connectivity index (χ2v) is 3.60. The van der Waals surface area contributed by atoms with Crippen molar-refractivity contribution in [1.29, 1.82) is 0 Å². The summed E-state index contributed by atoms with van der Waals surface area (Å²) in [6.45, 7) is 1.75. The van der Waals surface area contributed by atoms with Gasteiger partial charge in [0.05, 0.1) is 12.1 Å². The van der Waals surface area contributed by atoms with E-state index in [1.165, 1.54) is 11.5 Å². The lowest BCUT2D eigenvalue weighted by Gasteiger charge is -1.97. The molecule has 0 saturated heterocycles. The fourth-order valence-electron chi connectivity index (χ4n) is 1.13. The van der Waals surface area contributed by atoms with Crippen molar-refractivity contribution in [3.63, 3.8) is 0 Å². The van der Waals surface area contributed by atoms with E-state index in [2.05, 4.69) is 19.6 Å². The van der Waals surface area contributed by atoms with E-state index in [0.717, 1.165) is 0 Å². The summed E-state index contributed by atoms with van der Waals surface area (Å²) in [5, 5.41) is 5.56. The molecule has 0 amide bonds. The van der Waals surface area contributed by atoms with Gasteiger partial charge in [-0.25, -0.2) is 9.97 Å². The summed E-state index contributed by atoms with van der Waals surface area (Å²) in [5.74, 6) is 0.533. The first-order valence-electron chi connectivity index (χ1n) is 4.34. The maximum atomic E-state index is 11.7. The van der Waals surface area contributed by atoms with Crippen LogP contribution in [0.15, 0.2) is 17.6 Å². The molecular formula is C9H8N4OS. The van der Waals surface area contributed by atoms with Gasteiger partial charge in [-0.2, -0.15) is 0 Å². The Morgan fingerprint density at radius 1 is 1.53 bits per heavy atom. The second-order valence-electron chi connectivity index (χ2n) is 2.99. The number of ketones is 1. The van der Waals surface area contributed by atoms with Crippen molar-refractivity contribution in [2.75, 3.05) is 0 Å². The second kappa shape index (κ2) is 4.22. The molecule has 2 rings (SSSR count). The molecule has 0 aliphatic carbocycles. The molecule has 0 fully saturated rings. The highest BCUT2D eigenvalue weighted by Crippen LogP contribution is 2.04. The topological polar surface area (TPSA) is 68.6 Å². The molecule has 6 heteroatoms. The predicted molar refractivity (Wildman–Crippen MR) is 54.7 cm³/mol. The van der Waals surface area contributed by atoms with Gasteiger partial charge in [0.1, 0.15) is 11.5 Å². The van der Waals surface area contributed by atoms with Crippen LogP contribution in [0.4, 0.5) is 0 Å². The summed E-state index contributed by atoms with van der Waals surface area (Å²) in [5.41, 5.74) is 1.11. The number of aryl methyl sites for hydroxylation is 1. The highest BCUT2D eigenvalue weighted by molar-refractivity contribution is 7.03. The van der Waals surface area contributed by atoms with Crippen molar-refractivity contribution >= 4 is 17.3 Å². The van der Waals surface area contributed by atoms with Crippen molar-refractivity contribution in [2.45, 2.75) is 13.3 Å². The lowest BCUT2D eigenvalue weighted by Crippen LogP contribution is -2.07. The van der Waals surface area contributed by atoms with Crippen LogP contribution < -0.4 is 0 Å². The Morgan fingerprint density at radius 2 is 2.40 bits per heavy atom. The molecule has 2 aromatic rings. The number of rotatable bonds is 3. The van der Waals surface area contributed by atoms with Crippen LogP contribution in [-0.4, -0.2) is 25.3 Å². The van der Waals surface area contributed by atoms with E-state index in [0.29, 0.717) is 17.2 Å². The minimum atomic E-state index is -0.0619. The molecule has 0 atom stereocenters. The summed E-state index contributed by atoms with van der Waals surface area (Å²) in [6.07, 6.45) is 1.82. The maximum absolute atomic E-state index is 11.7. The molecule has 0 unspecified atom stereocenters. The van der Waals surface area contributed by atoms with Crippen LogP contribution in [0.2, 0.25) is 0 Å². The van der Waals surface area contributed by atoms with Crippen molar-refractivity contribution in [3.05, 3.63) is 34.9 Å². The molecule has 0 N–H and O–H groups in total. The molecule has 0 aliphatic rings. The highest BCUT2D eigenvalue weighted by atomic mass is 32.1. The lowest BCUT2D eigenvalue weighted by atomic mass is 10.2. The quantitative estimate of drug-likeness (QED) is 0.723. The van der Waals surface area contributed by atoms with Crippen LogP contribution in [0.25, 0.3) is 0 Å². The third kappa shape index (κ3) is 2.41. The zero-order valence-corrected chi connectivity index (χ0v) is 8.86. The Labute approximate surface area is 90.4 Å². The number of hydrogen-bond acceptors (Lipinski definition) is 6. The van der Waals surface area contributed by atoms with Gasteiger partial charge in [-0.05, 0) is 24.5 Å². The van der Waals surface area contributed by atoms with Gasteiger partial charge >= 0.3 is 0 Å². The zero-order valence-electron chi connectivity index (χ0n) is 8.04. The molecule has 2 heterocycles. The molecule has 5 nitrogen and oxygen atoms in total. The minimum absolute atomic E-state index is 0.0619. The first kappa shape index (κ1) is 9.85. The minimum Gasteiger partial charge on any atom is -0.292 e. The number of hydrogen-bond donors (Lipinski definition) is 0. The van der Waals surface area contributed by atoms with Crippen molar-refractivity contribution in [3.8, 4) is 0 Å². The van der Waals surface area contributed by atoms with Crippen LogP contribution in [0, 0.1) is 6.92 Å². The van der Waals surface area contributed by atoms with Crippen LogP contribution in [0.3, 0.4) is 0 Å². The molecule has 15 heavy (non-hydrogen) atoms. The summed E-state index contributed by atoms with van der Waals surface area (Å²) >= 11 is 1.23. The number of carbonyl (C=O) groups is 1. The summed E-state index contributed by atoms with van der Waals surface area (Å²) in [6, 6.07) is 1.61. The Kier molecular flexibility index (Phi) is 2.77. The number of carbonyl (C=O) groups excluding carboxylic acids is 1. The van der Waals surface area contributed by atoms with Gasteiger partial charge in [-0.15, -0.1) is 5.10 Å². The van der Waals surface area contributed by atoms with E-state index in [-0.39, 0.29) is 12.2 Å². The van der Waals surface area contributed by atoms with E-state index in [1.54, 1.807) is 24.6 Å². The Balaban J connectivity index is 2.15. The predicted octanol–water partition coefficient (Wildman–Crippen LogP) is 1.06. The van der Waals surface area contributed by atoms with E-state index >= 15 is 0 Å². The van der Waals surface area contributed by atoms with Gasteiger partial charge in [-0.3, -0.25) is 4.79 Å². The fourth-order valence-corrected chi connectivity index (χ4v) is 1.58. The number of Topliss-reactive ketones (excluding diaryl/α,β-unsaturated/α-hetero) is 1. The molecule has 0 radical (unpaired) electrons. The Hall–Kier alpha value is -1.69. The van der Waals surface area contributed by atoms with E-state index in [1.807, 2.05) is 0 Å². The van der Waals surface area contributed by atoms with Gasteiger partial charge in [0.15, 0.2) is 5.78 Å². The largest absolute Gasteiger partial charge is 0.292 e. The summed E-state index contributed by atoms with van der Waals surface area (Å²) in [7, 11) is 0. The van der Waals surface area contributed by atoms with Gasteiger partial charge in [0.2, 0.25) is 0 Å². The van der Waals surface area contributed by atoms with Crippen molar-refractivity contribution < 1.29 is 4.79 Å². The lowest BCUT2D eigenvalue weighted by molar-refractivity contribution is 0.0986. The van der Waals surface area contributed by atoms with Crippen molar-refractivity contribution in [1.82, 2.24) is 19.6 Å². The normalized spacial score (nSPS) is 10.2. The van der Waals surface area contributed by atoms with Crippen LogP contribution in [0.5, 0.6) is 0 Å². The smallest absolute Gasteiger partial charge is 0.187 e. The molecule has 0 spiro atoms. The molecule has 2 aromatic heterocycles. The average molecular weight is 220 g/mol. The fraction of sp³-hybridized carbons (Fsp3) is 0.222. The Bertz CT molecular complexity index is 469. The first-order valence-corrected chi connectivity index (χ1v) is 5.18.